The molecule has 0 saturated carbocycles. The summed E-state index contributed by atoms with van der Waals surface area (Å²) >= 11 is 3.55. The van der Waals surface area contributed by atoms with Crippen molar-refractivity contribution in [2.75, 3.05) is 20.8 Å². The van der Waals surface area contributed by atoms with Crippen LogP contribution < -0.4 is 15.2 Å². The minimum absolute atomic E-state index is 0.0724. The van der Waals surface area contributed by atoms with E-state index in [9.17, 15) is 0 Å². The monoisotopic (exact) mass is 329 g/mol. The lowest BCUT2D eigenvalue weighted by molar-refractivity contribution is -0.000154. The molecule has 1 aromatic carbocycles. The van der Waals surface area contributed by atoms with Crippen LogP contribution in [0.5, 0.6) is 11.5 Å². The third-order valence-corrected chi connectivity index (χ3v) is 4.16. The average Bonchev–Trinajstić information content (AvgIpc) is 2.47. The lowest BCUT2D eigenvalue weighted by atomic mass is 9.96. The maximum Gasteiger partial charge on any atom is 0.161 e. The van der Waals surface area contributed by atoms with Crippen molar-refractivity contribution in [3.8, 4) is 11.5 Å². The molecular formula is C14H20BrNO3. The van der Waals surface area contributed by atoms with Crippen LogP contribution in [0.15, 0.2) is 16.6 Å². The third-order valence-electron chi connectivity index (χ3n) is 3.48. The fraction of sp³-hybridized carbons (Fsp3) is 0.571. The van der Waals surface area contributed by atoms with Gasteiger partial charge >= 0.3 is 0 Å². The van der Waals surface area contributed by atoms with Crippen LogP contribution >= 0.6 is 15.9 Å². The molecule has 0 radical (unpaired) electrons. The molecule has 1 aliphatic rings. The van der Waals surface area contributed by atoms with Gasteiger partial charge in [-0.15, -0.1) is 0 Å². The molecule has 1 saturated heterocycles. The van der Waals surface area contributed by atoms with Gasteiger partial charge in [-0.25, -0.2) is 0 Å². The van der Waals surface area contributed by atoms with Crippen LogP contribution in [0, 0.1) is 0 Å². The minimum atomic E-state index is -0.158. The average molecular weight is 330 g/mol. The van der Waals surface area contributed by atoms with Crippen LogP contribution in [0.1, 0.15) is 30.9 Å². The van der Waals surface area contributed by atoms with Gasteiger partial charge in [-0.1, -0.05) is 15.9 Å². The van der Waals surface area contributed by atoms with Crippen LogP contribution in [0.25, 0.3) is 0 Å². The number of halogens is 1. The number of ether oxygens (including phenoxy) is 3. The zero-order chi connectivity index (χ0) is 13.8. The number of benzene rings is 1. The first-order valence-electron chi connectivity index (χ1n) is 6.46. The summed E-state index contributed by atoms with van der Waals surface area (Å²) in [5.41, 5.74) is 7.32. The Morgan fingerprint density at radius 3 is 2.53 bits per heavy atom. The second-order valence-corrected chi connectivity index (χ2v) is 5.51. The van der Waals surface area contributed by atoms with Crippen molar-refractivity contribution in [1.29, 1.82) is 0 Å². The number of nitrogens with two attached hydrogens (primary N) is 1. The molecule has 1 fully saturated rings. The minimum Gasteiger partial charge on any atom is -0.493 e. The topological polar surface area (TPSA) is 53.7 Å². The predicted molar refractivity (Wildman–Crippen MR) is 77.8 cm³/mol. The molecule has 0 aliphatic carbocycles. The maximum atomic E-state index is 6.33. The molecule has 1 heterocycles. The van der Waals surface area contributed by atoms with Gasteiger partial charge in [0.15, 0.2) is 11.5 Å². The smallest absolute Gasteiger partial charge is 0.161 e. The molecule has 106 valence electrons. The number of hydrogen-bond acceptors (Lipinski definition) is 4. The number of rotatable bonds is 4. The lowest BCUT2D eigenvalue weighted by Crippen LogP contribution is -2.32. The lowest BCUT2D eigenvalue weighted by Gasteiger charge is -2.29. The van der Waals surface area contributed by atoms with E-state index >= 15 is 0 Å². The Morgan fingerprint density at radius 2 is 1.95 bits per heavy atom. The SMILES string of the molecule is COc1cc(Br)c(C(N)C2CCCCO2)cc1OC. The molecule has 0 spiro atoms. The maximum absolute atomic E-state index is 6.33. The molecule has 2 rings (SSSR count). The standard InChI is InChI=1S/C14H20BrNO3/c1-17-12-7-9(10(15)8-13(12)18-2)14(16)11-5-3-4-6-19-11/h7-8,11,14H,3-6,16H2,1-2H3. The summed E-state index contributed by atoms with van der Waals surface area (Å²) in [5.74, 6) is 1.38. The van der Waals surface area contributed by atoms with Crippen LogP contribution in [0.3, 0.4) is 0 Å². The molecule has 2 N–H and O–H groups in total. The first-order valence-corrected chi connectivity index (χ1v) is 7.25. The molecule has 2 unspecified atom stereocenters. The van der Waals surface area contributed by atoms with Crippen molar-refractivity contribution in [2.24, 2.45) is 5.73 Å². The molecule has 19 heavy (non-hydrogen) atoms. The summed E-state index contributed by atoms with van der Waals surface area (Å²) in [7, 11) is 3.24. The summed E-state index contributed by atoms with van der Waals surface area (Å²) in [6.07, 6.45) is 3.37. The molecular weight excluding hydrogens is 310 g/mol. The Bertz CT molecular complexity index is 433. The highest BCUT2D eigenvalue weighted by atomic mass is 79.9. The van der Waals surface area contributed by atoms with E-state index in [-0.39, 0.29) is 12.1 Å². The van der Waals surface area contributed by atoms with Crippen LogP contribution in [0.2, 0.25) is 0 Å². The fourth-order valence-corrected chi connectivity index (χ4v) is 2.96. The molecule has 0 aromatic heterocycles. The van der Waals surface area contributed by atoms with Gasteiger partial charge in [0.1, 0.15) is 0 Å². The Hall–Kier alpha value is -0.780. The summed E-state index contributed by atoms with van der Waals surface area (Å²) < 4.78 is 17.3. The highest BCUT2D eigenvalue weighted by molar-refractivity contribution is 9.10. The van der Waals surface area contributed by atoms with E-state index in [2.05, 4.69) is 15.9 Å². The van der Waals surface area contributed by atoms with Crippen molar-refractivity contribution >= 4 is 15.9 Å². The van der Waals surface area contributed by atoms with Gasteiger partial charge < -0.3 is 19.9 Å². The molecule has 1 aliphatic heterocycles. The van der Waals surface area contributed by atoms with E-state index in [1.165, 1.54) is 6.42 Å². The predicted octanol–water partition coefficient (Wildman–Crippen LogP) is 3.04. The van der Waals surface area contributed by atoms with E-state index in [0.29, 0.717) is 11.5 Å². The van der Waals surface area contributed by atoms with Crippen LogP contribution in [-0.4, -0.2) is 26.9 Å². The molecule has 4 nitrogen and oxygen atoms in total. The summed E-state index contributed by atoms with van der Waals surface area (Å²) in [6.45, 7) is 0.795. The summed E-state index contributed by atoms with van der Waals surface area (Å²) in [6, 6.07) is 3.65. The second-order valence-electron chi connectivity index (χ2n) is 4.66. The first-order chi connectivity index (χ1) is 9.17. The molecule has 0 amide bonds. The van der Waals surface area contributed by atoms with Gasteiger partial charge in [-0.05, 0) is 37.0 Å². The van der Waals surface area contributed by atoms with Crippen molar-refractivity contribution in [2.45, 2.75) is 31.4 Å². The summed E-state index contributed by atoms with van der Waals surface area (Å²) in [4.78, 5) is 0. The summed E-state index contributed by atoms with van der Waals surface area (Å²) in [5, 5.41) is 0. The van der Waals surface area contributed by atoms with Crippen molar-refractivity contribution in [3.05, 3.63) is 22.2 Å². The Labute approximate surface area is 122 Å². The Balaban J connectivity index is 2.27. The Kier molecular flexibility index (Phi) is 5.07. The fourth-order valence-electron chi connectivity index (χ4n) is 2.37. The highest BCUT2D eigenvalue weighted by Crippen LogP contribution is 2.37. The van der Waals surface area contributed by atoms with E-state index in [1.807, 2.05) is 12.1 Å². The van der Waals surface area contributed by atoms with Gasteiger partial charge in [-0.3, -0.25) is 0 Å². The highest BCUT2D eigenvalue weighted by Gasteiger charge is 2.25. The zero-order valence-electron chi connectivity index (χ0n) is 11.3. The quantitative estimate of drug-likeness (QED) is 0.922. The van der Waals surface area contributed by atoms with Crippen molar-refractivity contribution in [3.63, 3.8) is 0 Å². The van der Waals surface area contributed by atoms with Gasteiger partial charge in [0.2, 0.25) is 0 Å². The van der Waals surface area contributed by atoms with Crippen LogP contribution in [0.4, 0.5) is 0 Å². The van der Waals surface area contributed by atoms with Gasteiger partial charge in [-0.2, -0.15) is 0 Å². The van der Waals surface area contributed by atoms with Gasteiger partial charge in [0.05, 0.1) is 26.4 Å². The van der Waals surface area contributed by atoms with Gasteiger partial charge in [0.25, 0.3) is 0 Å². The van der Waals surface area contributed by atoms with E-state index in [1.54, 1.807) is 14.2 Å². The molecule has 1 aromatic rings. The van der Waals surface area contributed by atoms with Crippen molar-refractivity contribution in [1.82, 2.24) is 0 Å². The van der Waals surface area contributed by atoms with E-state index in [4.69, 9.17) is 19.9 Å². The largest absolute Gasteiger partial charge is 0.493 e. The molecule has 5 heteroatoms. The van der Waals surface area contributed by atoms with Crippen molar-refractivity contribution < 1.29 is 14.2 Å². The number of hydrogen-bond donors (Lipinski definition) is 1. The van der Waals surface area contributed by atoms with E-state index < -0.39 is 0 Å². The normalized spacial score (nSPS) is 20.9. The number of methoxy groups -OCH3 is 2. The zero-order valence-corrected chi connectivity index (χ0v) is 12.9. The van der Waals surface area contributed by atoms with E-state index in [0.717, 1.165) is 29.5 Å². The molecule has 0 bridgehead atoms. The molecule has 2 atom stereocenters. The second kappa shape index (κ2) is 6.59. The first kappa shape index (κ1) is 14.6. The van der Waals surface area contributed by atoms with Crippen LogP contribution in [-0.2, 0) is 4.74 Å². The third kappa shape index (κ3) is 3.22. The van der Waals surface area contributed by atoms with Gasteiger partial charge in [0, 0.05) is 11.1 Å². The Morgan fingerprint density at radius 1 is 1.26 bits per heavy atom.